The molecule has 0 fully saturated rings. The molecular formula is C8H5F3O3. The molecular weight excluding hydrogens is 201 g/mol. The Hall–Kier alpha value is -1.72. The summed E-state index contributed by atoms with van der Waals surface area (Å²) in [5.74, 6) is -2.92. The molecule has 6 heteroatoms. The van der Waals surface area contributed by atoms with E-state index in [-0.39, 0.29) is 0 Å². The fourth-order valence-electron chi connectivity index (χ4n) is 0.868. The van der Waals surface area contributed by atoms with E-state index in [0.717, 1.165) is 12.1 Å². The Morgan fingerprint density at radius 1 is 1.43 bits per heavy atom. The van der Waals surface area contributed by atoms with Gasteiger partial charge in [-0.05, 0) is 18.2 Å². The lowest BCUT2D eigenvalue weighted by Gasteiger charge is -2.07. The third kappa shape index (κ3) is 2.38. The van der Waals surface area contributed by atoms with Crippen LogP contribution in [0.5, 0.6) is 5.75 Å². The molecule has 0 saturated carbocycles. The Morgan fingerprint density at radius 2 is 2.07 bits per heavy atom. The van der Waals surface area contributed by atoms with Crippen LogP contribution in [0.1, 0.15) is 10.4 Å². The van der Waals surface area contributed by atoms with Gasteiger partial charge in [-0.1, -0.05) is 0 Å². The van der Waals surface area contributed by atoms with E-state index in [1.165, 1.54) is 0 Å². The van der Waals surface area contributed by atoms with Crippen LogP contribution in [-0.2, 0) is 0 Å². The van der Waals surface area contributed by atoms with Crippen LogP contribution in [-0.4, -0.2) is 17.7 Å². The molecule has 1 aromatic rings. The first-order valence-corrected chi connectivity index (χ1v) is 3.48. The van der Waals surface area contributed by atoms with Crippen molar-refractivity contribution in [3.8, 4) is 5.75 Å². The number of aromatic carboxylic acids is 1. The molecule has 0 aliphatic heterocycles. The predicted molar refractivity (Wildman–Crippen MR) is 40.0 cm³/mol. The summed E-state index contributed by atoms with van der Waals surface area (Å²) in [6.07, 6.45) is 0. The van der Waals surface area contributed by atoms with Crippen LogP contribution in [0, 0.1) is 5.82 Å². The Labute approximate surface area is 76.7 Å². The average Bonchev–Trinajstić information content (AvgIpc) is 2.07. The summed E-state index contributed by atoms with van der Waals surface area (Å²) in [7, 11) is 0. The maximum atomic E-state index is 12.5. The second kappa shape index (κ2) is 3.99. The summed E-state index contributed by atoms with van der Waals surface area (Å²) < 4.78 is 39.9. The summed E-state index contributed by atoms with van der Waals surface area (Å²) in [6.45, 7) is -3.14. The van der Waals surface area contributed by atoms with Crippen molar-refractivity contribution < 1.29 is 27.8 Å². The molecule has 1 rings (SSSR count). The van der Waals surface area contributed by atoms with E-state index in [1.54, 1.807) is 0 Å². The van der Waals surface area contributed by atoms with Crippen molar-refractivity contribution in [2.75, 3.05) is 0 Å². The van der Waals surface area contributed by atoms with Gasteiger partial charge < -0.3 is 9.84 Å². The smallest absolute Gasteiger partial charge is 0.387 e. The molecule has 0 saturated heterocycles. The number of benzene rings is 1. The number of carboxylic acid groups (broad SMARTS) is 1. The van der Waals surface area contributed by atoms with Crippen molar-refractivity contribution in [1.82, 2.24) is 0 Å². The molecule has 0 aromatic heterocycles. The average molecular weight is 206 g/mol. The van der Waals surface area contributed by atoms with Crippen LogP contribution >= 0.6 is 0 Å². The summed E-state index contributed by atoms with van der Waals surface area (Å²) >= 11 is 0. The molecule has 0 bridgehead atoms. The number of carboxylic acids is 1. The minimum Gasteiger partial charge on any atom is -0.478 e. The van der Waals surface area contributed by atoms with Gasteiger partial charge in [-0.2, -0.15) is 8.78 Å². The Balaban J connectivity index is 3.08. The molecule has 0 atom stereocenters. The van der Waals surface area contributed by atoms with Gasteiger partial charge in [-0.3, -0.25) is 0 Å². The van der Waals surface area contributed by atoms with Crippen LogP contribution in [0.4, 0.5) is 13.2 Å². The van der Waals surface area contributed by atoms with Crippen LogP contribution in [0.25, 0.3) is 0 Å². The number of alkyl halides is 2. The van der Waals surface area contributed by atoms with Gasteiger partial charge in [0.1, 0.15) is 17.1 Å². The maximum absolute atomic E-state index is 12.5. The zero-order valence-corrected chi connectivity index (χ0v) is 6.71. The minimum atomic E-state index is -3.14. The first kappa shape index (κ1) is 10.4. The molecule has 76 valence electrons. The van der Waals surface area contributed by atoms with Crippen molar-refractivity contribution in [2.45, 2.75) is 6.61 Å². The van der Waals surface area contributed by atoms with Crippen molar-refractivity contribution in [3.63, 3.8) is 0 Å². The number of rotatable bonds is 3. The number of halogens is 3. The fourth-order valence-corrected chi connectivity index (χ4v) is 0.868. The quantitative estimate of drug-likeness (QED) is 0.823. The number of hydrogen-bond donors (Lipinski definition) is 1. The third-order valence-corrected chi connectivity index (χ3v) is 1.39. The summed E-state index contributed by atoms with van der Waals surface area (Å²) in [6, 6.07) is 2.29. The largest absolute Gasteiger partial charge is 0.478 e. The van der Waals surface area contributed by atoms with Crippen molar-refractivity contribution in [2.24, 2.45) is 0 Å². The summed E-state index contributed by atoms with van der Waals surface area (Å²) in [5.41, 5.74) is -0.634. The van der Waals surface area contributed by atoms with Crippen LogP contribution in [0.3, 0.4) is 0 Å². The van der Waals surface area contributed by atoms with Crippen molar-refractivity contribution in [1.29, 1.82) is 0 Å². The predicted octanol–water partition coefficient (Wildman–Crippen LogP) is 2.13. The number of ether oxygens (including phenoxy) is 1. The first-order valence-electron chi connectivity index (χ1n) is 3.48. The molecule has 0 radical (unpaired) electrons. The lowest BCUT2D eigenvalue weighted by atomic mass is 10.2. The molecule has 1 N–H and O–H groups in total. The van der Waals surface area contributed by atoms with Gasteiger partial charge in [0.25, 0.3) is 0 Å². The first-order chi connectivity index (χ1) is 6.50. The standard InChI is InChI=1S/C8H5F3O3/c9-4-1-2-6(14-8(10)11)5(3-4)7(12)13/h1-3,8H,(H,12,13). The van der Waals surface area contributed by atoms with Crippen LogP contribution in [0.15, 0.2) is 18.2 Å². The fraction of sp³-hybridized carbons (Fsp3) is 0.125. The topological polar surface area (TPSA) is 46.5 Å². The second-order valence-electron chi connectivity index (χ2n) is 2.32. The number of hydrogen-bond acceptors (Lipinski definition) is 2. The molecule has 1 aromatic carbocycles. The lowest BCUT2D eigenvalue weighted by Crippen LogP contribution is -2.07. The molecule has 3 nitrogen and oxygen atoms in total. The molecule has 0 aliphatic carbocycles. The zero-order valence-electron chi connectivity index (χ0n) is 6.71. The second-order valence-corrected chi connectivity index (χ2v) is 2.32. The van der Waals surface area contributed by atoms with E-state index in [4.69, 9.17) is 5.11 Å². The number of carbonyl (C=O) groups is 1. The summed E-state index contributed by atoms with van der Waals surface area (Å²) in [5, 5.41) is 8.51. The lowest BCUT2D eigenvalue weighted by molar-refractivity contribution is -0.0503. The highest BCUT2D eigenvalue weighted by Gasteiger charge is 2.15. The maximum Gasteiger partial charge on any atom is 0.387 e. The van der Waals surface area contributed by atoms with E-state index in [2.05, 4.69) is 4.74 Å². The highest BCUT2D eigenvalue weighted by atomic mass is 19.3. The Bertz CT molecular complexity index is 352. The summed E-state index contributed by atoms with van der Waals surface area (Å²) in [4.78, 5) is 10.5. The van der Waals surface area contributed by atoms with E-state index in [9.17, 15) is 18.0 Å². The van der Waals surface area contributed by atoms with Crippen LogP contribution < -0.4 is 4.74 Å². The molecule has 0 spiro atoms. The van der Waals surface area contributed by atoms with Gasteiger partial charge in [-0.25, -0.2) is 9.18 Å². The minimum absolute atomic E-state index is 0.561. The monoisotopic (exact) mass is 206 g/mol. The van der Waals surface area contributed by atoms with Gasteiger partial charge in [-0.15, -0.1) is 0 Å². The third-order valence-electron chi connectivity index (χ3n) is 1.39. The van der Waals surface area contributed by atoms with Gasteiger partial charge in [0.05, 0.1) is 0 Å². The molecule has 14 heavy (non-hydrogen) atoms. The normalized spacial score (nSPS) is 10.3. The van der Waals surface area contributed by atoms with E-state index in [1.807, 2.05) is 0 Å². The van der Waals surface area contributed by atoms with Gasteiger partial charge >= 0.3 is 12.6 Å². The molecule has 0 aliphatic rings. The molecule has 0 heterocycles. The highest BCUT2D eigenvalue weighted by molar-refractivity contribution is 5.90. The van der Waals surface area contributed by atoms with Crippen molar-refractivity contribution >= 4 is 5.97 Å². The van der Waals surface area contributed by atoms with E-state index < -0.39 is 29.7 Å². The van der Waals surface area contributed by atoms with E-state index >= 15 is 0 Å². The van der Waals surface area contributed by atoms with E-state index in [0.29, 0.717) is 6.07 Å². The molecule has 0 amide bonds. The SMILES string of the molecule is O=C(O)c1cc(F)ccc1OC(F)F. The van der Waals surface area contributed by atoms with Gasteiger partial charge in [0.15, 0.2) is 0 Å². The van der Waals surface area contributed by atoms with Gasteiger partial charge in [0.2, 0.25) is 0 Å². The Kier molecular flexibility index (Phi) is 2.95. The van der Waals surface area contributed by atoms with Crippen LogP contribution in [0.2, 0.25) is 0 Å². The van der Waals surface area contributed by atoms with Crippen molar-refractivity contribution in [3.05, 3.63) is 29.6 Å². The van der Waals surface area contributed by atoms with Gasteiger partial charge in [0, 0.05) is 0 Å². The zero-order chi connectivity index (χ0) is 10.7. The molecule has 0 unspecified atom stereocenters. The highest BCUT2D eigenvalue weighted by Crippen LogP contribution is 2.21. The Morgan fingerprint density at radius 3 is 2.57 bits per heavy atom.